The molecular formula is C7H11N3O3. The first-order valence-electron chi connectivity index (χ1n) is 3.73. The van der Waals surface area contributed by atoms with E-state index >= 15 is 0 Å². The van der Waals surface area contributed by atoms with Gasteiger partial charge in [0.15, 0.2) is 5.60 Å². The van der Waals surface area contributed by atoms with E-state index in [1.807, 2.05) is 0 Å². The maximum Gasteiger partial charge on any atom is 0.335 e. The highest BCUT2D eigenvalue weighted by molar-refractivity contribution is 5.76. The Bertz CT molecular complexity index is 319. The van der Waals surface area contributed by atoms with Crippen LogP contribution >= 0.6 is 0 Å². The highest BCUT2D eigenvalue weighted by Gasteiger charge is 2.31. The molecule has 1 unspecified atom stereocenters. The lowest BCUT2D eigenvalue weighted by molar-refractivity contribution is -0.156. The molecule has 1 aromatic heterocycles. The van der Waals surface area contributed by atoms with Crippen molar-refractivity contribution in [2.75, 3.05) is 0 Å². The van der Waals surface area contributed by atoms with Gasteiger partial charge in [-0.05, 0) is 6.92 Å². The summed E-state index contributed by atoms with van der Waals surface area (Å²) in [6.45, 7) is 1.24. The standard InChI is InChI=1S/C7H11N3O3/c1-7(13,6(11)12)3-5-4-8-9-10(5)2/h4,13H,3H2,1-2H3,(H,11,12). The second kappa shape index (κ2) is 3.14. The third-order valence-corrected chi connectivity index (χ3v) is 1.79. The lowest BCUT2D eigenvalue weighted by Crippen LogP contribution is -2.37. The van der Waals surface area contributed by atoms with Gasteiger partial charge in [0.1, 0.15) is 0 Å². The van der Waals surface area contributed by atoms with Crippen LogP contribution in [0.2, 0.25) is 0 Å². The van der Waals surface area contributed by atoms with Crippen LogP contribution in [0.15, 0.2) is 6.20 Å². The van der Waals surface area contributed by atoms with Crippen molar-refractivity contribution in [3.05, 3.63) is 11.9 Å². The average Bonchev–Trinajstić information content (AvgIpc) is 2.35. The van der Waals surface area contributed by atoms with E-state index in [1.165, 1.54) is 17.8 Å². The van der Waals surface area contributed by atoms with Crippen LogP contribution in [0.5, 0.6) is 0 Å². The average molecular weight is 185 g/mol. The zero-order valence-electron chi connectivity index (χ0n) is 7.43. The first kappa shape index (κ1) is 9.66. The topological polar surface area (TPSA) is 88.2 Å². The fourth-order valence-electron chi connectivity index (χ4n) is 0.899. The van der Waals surface area contributed by atoms with Crippen LogP contribution in [0.4, 0.5) is 0 Å². The molecule has 0 aromatic carbocycles. The maximum absolute atomic E-state index is 10.6. The SMILES string of the molecule is Cn1nncc1CC(C)(O)C(=O)O. The highest BCUT2D eigenvalue weighted by atomic mass is 16.4. The van der Waals surface area contributed by atoms with Gasteiger partial charge in [0, 0.05) is 13.5 Å². The van der Waals surface area contributed by atoms with E-state index in [0.717, 1.165) is 0 Å². The molecule has 0 saturated carbocycles. The number of aliphatic hydroxyl groups is 1. The van der Waals surface area contributed by atoms with Crippen LogP contribution in [0.3, 0.4) is 0 Å². The van der Waals surface area contributed by atoms with Gasteiger partial charge in [-0.1, -0.05) is 5.21 Å². The minimum atomic E-state index is -1.77. The minimum absolute atomic E-state index is 0.00810. The molecule has 1 atom stereocenters. The number of aryl methyl sites for hydroxylation is 1. The van der Waals surface area contributed by atoms with Crippen LogP contribution in [0.25, 0.3) is 0 Å². The first-order valence-corrected chi connectivity index (χ1v) is 3.73. The molecule has 2 N–H and O–H groups in total. The number of hydrogen-bond donors (Lipinski definition) is 2. The van der Waals surface area contributed by atoms with Crippen molar-refractivity contribution in [3.63, 3.8) is 0 Å². The summed E-state index contributed by atoms with van der Waals surface area (Å²) in [6, 6.07) is 0. The summed E-state index contributed by atoms with van der Waals surface area (Å²) in [6.07, 6.45) is 1.42. The summed E-state index contributed by atoms with van der Waals surface area (Å²) in [5.41, 5.74) is -1.19. The van der Waals surface area contributed by atoms with Gasteiger partial charge in [-0.25, -0.2) is 4.79 Å². The van der Waals surface area contributed by atoms with E-state index in [4.69, 9.17) is 5.11 Å². The second-order valence-electron chi connectivity index (χ2n) is 3.10. The molecule has 0 bridgehead atoms. The highest BCUT2D eigenvalue weighted by Crippen LogP contribution is 2.11. The number of carboxylic acids is 1. The van der Waals surface area contributed by atoms with Crippen molar-refractivity contribution in [1.82, 2.24) is 15.0 Å². The number of hydrogen-bond acceptors (Lipinski definition) is 4. The third kappa shape index (κ3) is 2.03. The lowest BCUT2D eigenvalue weighted by atomic mass is 10.0. The molecule has 0 aliphatic heterocycles. The minimum Gasteiger partial charge on any atom is -0.479 e. The Kier molecular flexibility index (Phi) is 2.33. The van der Waals surface area contributed by atoms with Crippen LogP contribution in [0, 0.1) is 0 Å². The number of aliphatic carboxylic acids is 1. The molecular weight excluding hydrogens is 174 g/mol. The van der Waals surface area contributed by atoms with E-state index in [2.05, 4.69) is 10.3 Å². The third-order valence-electron chi connectivity index (χ3n) is 1.79. The monoisotopic (exact) mass is 185 g/mol. The number of rotatable bonds is 3. The number of carboxylic acid groups (broad SMARTS) is 1. The molecule has 6 heteroatoms. The first-order chi connectivity index (χ1) is 5.93. The van der Waals surface area contributed by atoms with Gasteiger partial charge < -0.3 is 10.2 Å². The molecule has 0 aliphatic rings. The van der Waals surface area contributed by atoms with Crippen LogP contribution in [-0.4, -0.2) is 36.8 Å². The molecule has 0 aliphatic carbocycles. The predicted molar refractivity (Wildman–Crippen MR) is 43.0 cm³/mol. The van der Waals surface area contributed by atoms with E-state index in [0.29, 0.717) is 5.69 Å². The Labute approximate surface area is 74.8 Å². The fraction of sp³-hybridized carbons (Fsp3) is 0.571. The van der Waals surface area contributed by atoms with Crippen LogP contribution < -0.4 is 0 Å². The predicted octanol–water partition coefficient (Wildman–Crippen LogP) is -0.807. The van der Waals surface area contributed by atoms with E-state index in [1.54, 1.807) is 7.05 Å². The summed E-state index contributed by atoms with van der Waals surface area (Å²) < 4.78 is 1.43. The van der Waals surface area contributed by atoms with Crippen molar-refractivity contribution in [2.24, 2.45) is 7.05 Å². The smallest absolute Gasteiger partial charge is 0.335 e. The lowest BCUT2D eigenvalue weighted by Gasteiger charge is -2.16. The van der Waals surface area contributed by atoms with Crippen molar-refractivity contribution in [2.45, 2.75) is 18.9 Å². The fourth-order valence-corrected chi connectivity index (χ4v) is 0.899. The van der Waals surface area contributed by atoms with Gasteiger partial charge in [0.05, 0.1) is 11.9 Å². The molecule has 0 radical (unpaired) electrons. The van der Waals surface area contributed by atoms with Gasteiger partial charge in [0.2, 0.25) is 0 Å². The van der Waals surface area contributed by atoms with Crippen LogP contribution in [-0.2, 0) is 18.3 Å². The van der Waals surface area contributed by atoms with Crippen molar-refractivity contribution in [3.8, 4) is 0 Å². The van der Waals surface area contributed by atoms with Crippen LogP contribution in [0.1, 0.15) is 12.6 Å². The molecule has 0 saturated heterocycles. The van der Waals surface area contributed by atoms with E-state index < -0.39 is 11.6 Å². The summed E-state index contributed by atoms with van der Waals surface area (Å²) in [5, 5.41) is 25.2. The van der Waals surface area contributed by atoms with Crippen molar-refractivity contribution in [1.29, 1.82) is 0 Å². The Hall–Kier alpha value is -1.43. The van der Waals surface area contributed by atoms with E-state index in [9.17, 15) is 9.90 Å². The maximum atomic E-state index is 10.6. The Balaban J connectivity index is 2.80. The van der Waals surface area contributed by atoms with Crippen molar-refractivity contribution < 1.29 is 15.0 Å². The van der Waals surface area contributed by atoms with Gasteiger partial charge in [-0.15, -0.1) is 5.10 Å². The molecule has 0 fully saturated rings. The summed E-state index contributed by atoms with van der Waals surface area (Å²) in [5.74, 6) is -1.26. The largest absolute Gasteiger partial charge is 0.479 e. The molecule has 6 nitrogen and oxygen atoms in total. The zero-order chi connectivity index (χ0) is 10.1. The number of nitrogens with zero attached hydrogens (tertiary/aromatic N) is 3. The van der Waals surface area contributed by atoms with E-state index in [-0.39, 0.29) is 6.42 Å². The van der Waals surface area contributed by atoms with Gasteiger partial charge >= 0.3 is 5.97 Å². The Morgan fingerprint density at radius 1 is 1.77 bits per heavy atom. The molecule has 0 amide bonds. The number of aromatic nitrogens is 3. The normalized spacial score (nSPS) is 15.3. The number of carbonyl (C=O) groups is 1. The molecule has 13 heavy (non-hydrogen) atoms. The second-order valence-corrected chi connectivity index (χ2v) is 3.10. The van der Waals surface area contributed by atoms with Gasteiger partial charge in [0.25, 0.3) is 0 Å². The quantitative estimate of drug-likeness (QED) is 0.643. The molecule has 1 heterocycles. The Morgan fingerprint density at radius 3 is 2.77 bits per heavy atom. The molecule has 72 valence electrons. The summed E-state index contributed by atoms with van der Waals surface area (Å²) in [4.78, 5) is 10.6. The summed E-state index contributed by atoms with van der Waals surface area (Å²) >= 11 is 0. The zero-order valence-corrected chi connectivity index (χ0v) is 7.43. The Morgan fingerprint density at radius 2 is 2.38 bits per heavy atom. The molecule has 1 aromatic rings. The molecule has 0 spiro atoms. The molecule has 1 rings (SSSR count). The summed E-state index contributed by atoms with van der Waals surface area (Å²) in [7, 11) is 1.64. The van der Waals surface area contributed by atoms with Gasteiger partial charge in [-0.2, -0.15) is 0 Å². The van der Waals surface area contributed by atoms with Gasteiger partial charge in [-0.3, -0.25) is 4.68 Å². The van der Waals surface area contributed by atoms with Crippen molar-refractivity contribution >= 4 is 5.97 Å².